The maximum Gasteiger partial charge on any atom is 0.120 e. The minimum Gasteiger partial charge on any atom is -0.384 e. The molecule has 1 atom stereocenters. The molecule has 0 saturated carbocycles. The van der Waals surface area contributed by atoms with Crippen LogP contribution in [0.25, 0.3) is 0 Å². The second-order valence-corrected chi connectivity index (χ2v) is 4.39. The van der Waals surface area contributed by atoms with Gasteiger partial charge in [0, 0.05) is 7.11 Å². The lowest BCUT2D eigenvalue weighted by Crippen LogP contribution is -2.15. The van der Waals surface area contributed by atoms with Crippen LogP contribution in [-0.4, -0.2) is 40.4 Å². The van der Waals surface area contributed by atoms with E-state index in [0.717, 1.165) is 5.56 Å². The molecule has 0 amide bonds. The molecule has 0 radical (unpaired) electrons. The van der Waals surface area contributed by atoms with Gasteiger partial charge in [-0.25, -0.2) is 4.68 Å². The first kappa shape index (κ1) is 14.6. The zero-order chi connectivity index (χ0) is 14.2. The smallest absolute Gasteiger partial charge is 0.120 e. The van der Waals surface area contributed by atoms with Gasteiger partial charge in [-0.2, -0.15) is 0 Å². The molecule has 0 unspecified atom stereocenters. The summed E-state index contributed by atoms with van der Waals surface area (Å²) in [5.74, 6) is 0. The first-order valence-corrected chi connectivity index (χ1v) is 6.48. The van der Waals surface area contributed by atoms with E-state index in [0.29, 0.717) is 25.5 Å². The molecule has 0 spiro atoms. The Bertz CT molecular complexity index is 501. The molecule has 0 aliphatic heterocycles. The lowest BCUT2D eigenvalue weighted by atomic mass is 10.2. The lowest BCUT2D eigenvalue weighted by molar-refractivity contribution is 0.0556. The van der Waals surface area contributed by atoms with E-state index < -0.39 is 6.10 Å². The first-order valence-electron chi connectivity index (χ1n) is 6.48. The van der Waals surface area contributed by atoms with Crippen molar-refractivity contribution >= 4 is 0 Å². The molecule has 2 rings (SSSR count). The van der Waals surface area contributed by atoms with Crippen molar-refractivity contribution < 1.29 is 14.6 Å². The SMILES string of the molecule is COC[C@H](O)c1cnnn1CCOCc1ccccc1. The molecular formula is C14H19N3O3. The number of benzene rings is 1. The summed E-state index contributed by atoms with van der Waals surface area (Å²) in [6.45, 7) is 1.83. The fourth-order valence-electron chi connectivity index (χ4n) is 1.86. The molecule has 6 nitrogen and oxygen atoms in total. The van der Waals surface area contributed by atoms with E-state index in [-0.39, 0.29) is 6.61 Å². The van der Waals surface area contributed by atoms with Crippen LogP contribution in [0.4, 0.5) is 0 Å². The van der Waals surface area contributed by atoms with E-state index >= 15 is 0 Å². The van der Waals surface area contributed by atoms with Gasteiger partial charge in [-0.05, 0) is 5.56 Å². The van der Waals surface area contributed by atoms with Crippen LogP contribution in [0.3, 0.4) is 0 Å². The van der Waals surface area contributed by atoms with E-state index in [1.807, 2.05) is 30.3 Å². The van der Waals surface area contributed by atoms with Crippen molar-refractivity contribution in [1.29, 1.82) is 0 Å². The number of hydrogen-bond donors (Lipinski definition) is 1. The molecule has 1 N–H and O–H groups in total. The minimum atomic E-state index is -0.718. The predicted octanol–water partition coefficient (Wildman–Crippen LogP) is 1.17. The van der Waals surface area contributed by atoms with Crippen LogP contribution < -0.4 is 0 Å². The number of aliphatic hydroxyl groups excluding tert-OH is 1. The highest BCUT2D eigenvalue weighted by Gasteiger charge is 2.13. The van der Waals surface area contributed by atoms with Gasteiger partial charge in [0.05, 0.1) is 38.3 Å². The van der Waals surface area contributed by atoms with Crippen molar-refractivity contribution in [2.75, 3.05) is 20.3 Å². The summed E-state index contributed by atoms with van der Waals surface area (Å²) >= 11 is 0. The van der Waals surface area contributed by atoms with Gasteiger partial charge in [0.1, 0.15) is 6.10 Å². The molecular weight excluding hydrogens is 258 g/mol. The second kappa shape index (κ2) is 7.74. The summed E-state index contributed by atoms with van der Waals surface area (Å²) in [5, 5.41) is 17.6. The zero-order valence-corrected chi connectivity index (χ0v) is 11.5. The van der Waals surface area contributed by atoms with Crippen molar-refractivity contribution in [2.24, 2.45) is 0 Å². The highest BCUT2D eigenvalue weighted by Crippen LogP contribution is 2.11. The van der Waals surface area contributed by atoms with Crippen LogP contribution in [0.1, 0.15) is 17.4 Å². The second-order valence-electron chi connectivity index (χ2n) is 4.39. The molecule has 0 aliphatic rings. The van der Waals surface area contributed by atoms with Crippen LogP contribution in [0.15, 0.2) is 36.5 Å². The predicted molar refractivity (Wildman–Crippen MR) is 73.0 cm³/mol. The van der Waals surface area contributed by atoms with Crippen molar-refractivity contribution in [3.8, 4) is 0 Å². The Hall–Kier alpha value is -1.76. The van der Waals surface area contributed by atoms with Crippen molar-refractivity contribution in [2.45, 2.75) is 19.3 Å². The third-order valence-electron chi connectivity index (χ3n) is 2.87. The van der Waals surface area contributed by atoms with Crippen LogP contribution in [0.5, 0.6) is 0 Å². The normalized spacial score (nSPS) is 12.5. The van der Waals surface area contributed by atoms with Gasteiger partial charge in [-0.15, -0.1) is 5.10 Å². The van der Waals surface area contributed by atoms with Gasteiger partial charge in [-0.3, -0.25) is 0 Å². The van der Waals surface area contributed by atoms with Crippen molar-refractivity contribution in [3.05, 3.63) is 47.8 Å². The minimum absolute atomic E-state index is 0.220. The largest absolute Gasteiger partial charge is 0.384 e. The Morgan fingerprint density at radius 2 is 2.10 bits per heavy atom. The maximum absolute atomic E-state index is 9.86. The number of nitrogens with zero attached hydrogens (tertiary/aromatic N) is 3. The van der Waals surface area contributed by atoms with E-state index in [4.69, 9.17) is 9.47 Å². The molecule has 0 aliphatic carbocycles. The van der Waals surface area contributed by atoms with Crippen LogP contribution in [-0.2, 0) is 22.6 Å². The zero-order valence-electron chi connectivity index (χ0n) is 11.5. The third-order valence-corrected chi connectivity index (χ3v) is 2.87. The quantitative estimate of drug-likeness (QED) is 0.734. The van der Waals surface area contributed by atoms with Gasteiger partial charge >= 0.3 is 0 Å². The highest BCUT2D eigenvalue weighted by atomic mass is 16.5. The van der Waals surface area contributed by atoms with Crippen LogP contribution >= 0.6 is 0 Å². The Kier molecular flexibility index (Phi) is 5.67. The molecule has 1 aromatic carbocycles. The molecule has 6 heteroatoms. The van der Waals surface area contributed by atoms with E-state index in [2.05, 4.69) is 10.3 Å². The molecule has 1 heterocycles. The summed E-state index contributed by atoms with van der Waals surface area (Å²) in [6, 6.07) is 9.97. The molecule has 2 aromatic rings. The Morgan fingerprint density at radius 3 is 2.85 bits per heavy atom. The monoisotopic (exact) mass is 277 g/mol. The topological polar surface area (TPSA) is 69.4 Å². The number of aliphatic hydroxyl groups is 1. The Morgan fingerprint density at radius 1 is 1.30 bits per heavy atom. The highest BCUT2D eigenvalue weighted by molar-refractivity contribution is 5.13. The van der Waals surface area contributed by atoms with Crippen molar-refractivity contribution in [3.63, 3.8) is 0 Å². The van der Waals surface area contributed by atoms with Crippen LogP contribution in [0.2, 0.25) is 0 Å². The Labute approximate surface area is 117 Å². The number of rotatable bonds is 8. The number of ether oxygens (including phenoxy) is 2. The maximum atomic E-state index is 9.86. The number of aromatic nitrogens is 3. The van der Waals surface area contributed by atoms with E-state index in [9.17, 15) is 5.11 Å². The average molecular weight is 277 g/mol. The number of methoxy groups -OCH3 is 1. The van der Waals surface area contributed by atoms with Gasteiger partial charge in [0.15, 0.2) is 0 Å². The van der Waals surface area contributed by atoms with E-state index in [1.54, 1.807) is 18.0 Å². The summed E-state index contributed by atoms with van der Waals surface area (Å²) < 4.78 is 12.1. The van der Waals surface area contributed by atoms with Crippen LogP contribution in [0, 0.1) is 0 Å². The fraction of sp³-hybridized carbons (Fsp3) is 0.429. The molecule has 1 aromatic heterocycles. The third kappa shape index (κ3) is 4.12. The summed E-state index contributed by atoms with van der Waals surface area (Å²) in [7, 11) is 1.54. The van der Waals surface area contributed by atoms with Gasteiger partial charge in [-0.1, -0.05) is 35.5 Å². The molecule has 0 bridgehead atoms. The van der Waals surface area contributed by atoms with Gasteiger partial charge < -0.3 is 14.6 Å². The van der Waals surface area contributed by atoms with Gasteiger partial charge in [0.2, 0.25) is 0 Å². The average Bonchev–Trinajstić information content (AvgIpc) is 2.93. The summed E-state index contributed by atoms with van der Waals surface area (Å²) in [6.07, 6.45) is 0.824. The van der Waals surface area contributed by atoms with E-state index in [1.165, 1.54) is 0 Å². The molecule has 0 fully saturated rings. The molecule has 108 valence electrons. The molecule has 20 heavy (non-hydrogen) atoms. The Balaban J connectivity index is 1.78. The standard InChI is InChI=1S/C14H19N3O3/c1-19-11-14(18)13-9-15-16-17(13)7-8-20-10-12-5-3-2-4-6-12/h2-6,9,14,18H,7-8,10-11H2,1H3/t14-/m0/s1. The summed E-state index contributed by atoms with van der Waals surface area (Å²) in [4.78, 5) is 0. The molecule has 0 saturated heterocycles. The summed E-state index contributed by atoms with van der Waals surface area (Å²) in [5.41, 5.74) is 1.76. The lowest BCUT2D eigenvalue weighted by Gasteiger charge is -2.11. The van der Waals surface area contributed by atoms with Gasteiger partial charge in [0.25, 0.3) is 0 Å². The fourth-order valence-corrected chi connectivity index (χ4v) is 1.86. The first-order chi connectivity index (χ1) is 9.81. The number of hydrogen-bond acceptors (Lipinski definition) is 5. The van der Waals surface area contributed by atoms with Crippen molar-refractivity contribution in [1.82, 2.24) is 15.0 Å².